The van der Waals surface area contributed by atoms with Crippen molar-refractivity contribution in [3.8, 4) is 0 Å². The molecule has 1 saturated heterocycles. The zero-order chi connectivity index (χ0) is 14.6. The number of likely N-dealkylation sites (tertiary alicyclic amines) is 1. The second kappa shape index (κ2) is 7.00. The van der Waals surface area contributed by atoms with Crippen LogP contribution in [0, 0.1) is 0 Å². The van der Waals surface area contributed by atoms with E-state index in [2.05, 4.69) is 16.5 Å². The van der Waals surface area contributed by atoms with Crippen LogP contribution in [0.5, 0.6) is 0 Å². The summed E-state index contributed by atoms with van der Waals surface area (Å²) in [6.07, 6.45) is 2.82. The lowest BCUT2D eigenvalue weighted by Crippen LogP contribution is -2.44. The van der Waals surface area contributed by atoms with Gasteiger partial charge in [0.15, 0.2) is 0 Å². The minimum atomic E-state index is -3.51. The molecule has 0 radical (unpaired) electrons. The van der Waals surface area contributed by atoms with Crippen molar-refractivity contribution < 1.29 is 13.5 Å². The second-order valence-corrected chi connectivity index (χ2v) is 7.79. The Balaban J connectivity index is 1.97. The summed E-state index contributed by atoms with van der Waals surface area (Å²) in [4.78, 5) is 3.09. The first kappa shape index (κ1) is 15.9. The van der Waals surface area contributed by atoms with Crippen molar-refractivity contribution in [2.75, 3.05) is 19.6 Å². The lowest BCUT2D eigenvalue weighted by molar-refractivity contribution is 0.208. The summed E-state index contributed by atoms with van der Waals surface area (Å²) in [5, 5.41) is 10.9. The molecule has 0 spiro atoms. The molecule has 1 aromatic rings. The van der Waals surface area contributed by atoms with Gasteiger partial charge in [0.1, 0.15) is 0 Å². The molecule has 1 aliphatic heterocycles. The van der Waals surface area contributed by atoms with Crippen molar-refractivity contribution >= 4 is 21.4 Å². The number of thiophene rings is 1. The van der Waals surface area contributed by atoms with Crippen molar-refractivity contribution in [3.63, 3.8) is 0 Å². The first-order chi connectivity index (χ1) is 9.56. The highest BCUT2D eigenvalue weighted by molar-refractivity contribution is 7.89. The topological polar surface area (TPSA) is 69.6 Å². The minimum Gasteiger partial charge on any atom is -0.391 e. The van der Waals surface area contributed by atoms with Crippen LogP contribution in [0.15, 0.2) is 16.3 Å². The number of nitrogens with one attached hydrogen (secondary N) is 1. The maximum Gasteiger partial charge on any atom is 0.242 e. The van der Waals surface area contributed by atoms with Gasteiger partial charge in [0.2, 0.25) is 10.0 Å². The minimum absolute atomic E-state index is 0.000418. The molecule has 1 fully saturated rings. The lowest BCUT2D eigenvalue weighted by Gasteiger charge is -2.31. The highest BCUT2D eigenvalue weighted by atomic mass is 32.2. The zero-order valence-electron chi connectivity index (χ0n) is 11.7. The Morgan fingerprint density at radius 1 is 1.45 bits per heavy atom. The van der Waals surface area contributed by atoms with E-state index in [0.717, 1.165) is 38.9 Å². The van der Waals surface area contributed by atoms with Gasteiger partial charge in [0.05, 0.1) is 11.5 Å². The van der Waals surface area contributed by atoms with Gasteiger partial charge in [-0.3, -0.25) is 0 Å². The molecule has 2 N–H and O–H groups in total. The smallest absolute Gasteiger partial charge is 0.242 e. The fraction of sp³-hybridized carbons (Fsp3) is 0.692. The fourth-order valence-corrected chi connectivity index (χ4v) is 5.16. The number of rotatable bonds is 6. The van der Waals surface area contributed by atoms with Gasteiger partial charge in [-0.2, -0.15) is 0 Å². The summed E-state index contributed by atoms with van der Waals surface area (Å²) in [5.41, 5.74) is 0. The molecule has 0 atom stereocenters. The van der Waals surface area contributed by atoms with E-state index < -0.39 is 10.0 Å². The Hall–Kier alpha value is -0.470. The molecule has 5 nitrogen and oxygen atoms in total. The first-order valence-electron chi connectivity index (χ1n) is 6.98. The van der Waals surface area contributed by atoms with Crippen molar-refractivity contribution in [2.45, 2.75) is 43.7 Å². The van der Waals surface area contributed by atoms with E-state index in [1.54, 1.807) is 11.4 Å². The van der Waals surface area contributed by atoms with Crippen LogP contribution in [0.3, 0.4) is 0 Å². The van der Waals surface area contributed by atoms with Crippen molar-refractivity contribution in [3.05, 3.63) is 16.3 Å². The molecule has 7 heteroatoms. The normalized spacial score (nSPS) is 18.5. The van der Waals surface area contributed by atoms with Crippen molar-refractivity contribution in [1.29, 1.82) is 0 Å². The maximum atomic E-state index is 12.3. The molecule has 20 heavy (non-hydrogen) atoms. The predicted molar refractivity (Wildman–Crippen MR) is 80.3 cm³/mol. The Kier molecular flexibility index (Phi) is 5.57. The van der Waals surface area contributed by atoms with Crippen LogP contribution in [0.1, 0.15) is 31.1 Å². The molecule has 114 valence electrons. The first-order valence-corrected chi connectivity index (χ1v) is 9.35. The Morgan fingerprint density at radius 2 is 2.15 bits per heavy atom. The fourth-order valence-electron chi connectivity index (χ4n) is 2.56. The van der Waals surface area contributed by atoms with Crippen LogP contribution in [0.4, 0.5) is 0 Å². The number of hydrogen-bond donors (Lipinski definition) is 2. The van der Waals surface area contributed by atoms with Crippen molar-refractivity contribution in [1.82, 2.24) is 9.62 Å². The van der Waals surface area contributed by atoms with Crippen LogP contribution in [-0.4, -0.2) is 44.1 Å². The largest absolute Gasteiger partial charge is 0.391 e. The molecule has 0 unspecified atom stereocenters. The van der Waals surface area contributed by atoms with Gasteiger partial charge >= 0.3 is 0 Å². The average molecular weight is 318 g/mol. The van der Waals surface area contributed by atoms with E-state index in [1.807, 2.05) is 0 Å². The highest BCUT2D eigenvalue weighted by Gasteiger charge is 2.26. The number of aliphatic hydroxyl groups excluding tert-OH is 1. The second-order valence-electron chi connectivity index (χ2n) is 5.10. The summed E-state index contributed by atoms with van der Waals surface area (Å²) < 4.78 is 27.4. The average Bonchev–Trinajstić information content (AvgIpc) is 2.90. The summed E-state index contributed by atoms with van der Waals surface area (Å²) in [7, 11) is -3.51. The molecule has 0 bridgehead atoms. The van der Waals surface area contributed by atoms with E-state index in [-0.39, 0.29) is 17.5 Å². The molecular weight excluding hydrogens is 296 g/mol. The van der Waals surface area contributed by atoms with Gasteiger partial charge in [-0.1, -0.05) is 6.92 Å². The van der Waals surface area contributed by atoms with Crippen LogP contribution in [-0.2, 0) is 16.6 Å². The zero-order valence-corrected chi connectivity index (χ0v) is 13.3. The van der Waals surface area contributed by atoms with Crippen LogP contribution in [0.2, 0.25) is 0 Å². The lowest BCUT2D eigenvalue weighted by atomic mass is 10.1. The molecular formula is C13H22N2O3S2. The van der Waals surface area contributed by atoms with Gasteiger partial charge in [-0.05, 0) is 50.3 Å². The van der Waals surface area contributed by atoms with Gasteiger partial charge in [-0.25, -0.2) is 13.1 Å². The standard InChI is InChI=1S/C13H22N2O3S2/c1-2-6-15-7-3-11(4-8-15)14-20(17,18)13-5-9-19-12(13)10-16/h5,9,11,14,16H,2-4,6-8,10H2,1H3. The molecule has 0 aliphatic carbocycles. The summed E-state index contributed by atoms with van der Waals surface area (Å²) in [6.45, 7) is 4.89. The third-order valence-corrected chi connectivity index (χ3v) is 6.23. The maximum absolute atomic E-state index is 12.3. The van der Waals surface area contributed by atoms with E-state index in [9.17, 15) is 13.5 Å². The SMILES string of the molecule is CCCN1CCC(NS(=O)(=O)c2ccsc2CO)CC1. The number of aliphatic hydroxyl groups is 1. The summed E-state index contributed by atoms with van der Waals surface area (Å²) in [5.74, 6) is 0. The molecule has 2 heterocycles. The van der Waals surface area contributed by atoms with E-state index in [4.69, 9.17) is 0 Å². The number of nitrogens with zero attached hydrogens (tertiary/aromatic N) is 1. The highest BCUT2D eigenvalue weighted by Crippen LogP contribution is 2.23. The molecule has 1 aliphatic rings. The Labute approximate surface area is 124 Å². The van der Waals surface area contributed by atoms with Crippen LogP contribution < -0.4 is 4.72 Å². The van der Waals surface area contributed by atoms with Crippen molar-refractivity contribution in [2.24, 2.45) is 0 Å². The summed E-state index contributed by atoms with van der Waals surface area (Å²) in [6, 6.07) is 1.56. The monoisotopic (exact) mass is 318 g/mol. The van der Waals surface area contributed by atoms with Gasteiger partial charge in [0, 0.05) is 10.9 Å². The van der Waals surface area contributed by atoms with Gasteiger partial charge in [0.25, 0.3) is 0 Å². The Morgan fingerprint density at radius 3 is 2.75 bits per heavy atom. The molecule has 2 rings (SSSR count). The van der Waals surface area contributed by atoms with Crippen LogP contribution in [0.25, 0.3) is 0 Å². The molecule has 0 aromatic carbocycles. The van der Waals surface area contributed by atoms with Gasteiger partial charge in [-0.15, -0.1) is 11.3 Å². The number of piperidine rings is 1. The molecule has 0 saturated carbocycles. The molecule has 1 aromatic heterocycles. The van der Waals surface area contributed by atoms with Crippen LogP contribution >= 0.6 is 11.3 Å². The number of hydrogen-bond acceptors (Lipinski definition) is 5. The summed E-state index contributed by atoms with van der Waals surface area (Å²) >= 11 is 1.27. The Bertz CT molecular complexity index is 519. The van der Waals surface area contributed by atoms with E-state index in [0.29, 0.717) is 4.88 Å². The van der Waals surface area contributed by atoms with Gasteiger partial charge < -0.3 is 10.0 Å². The molecule has 0 amide bonds. The van der Waals surface area contributed by atoms with E-state index >= 15 is 0 Å². The number of sulfonamides is 1. The third kappa shape index (κ3) is 3.79. The third-order valence-electron chi connectivity index (χ3n) is 3.59. The van der Waals surface area contributed by atoms with E-state index in [1.165, 1.54) is 11.3 Å². The predicted octanol–water partition coefficient (Wildman–Crippen LogP) is 1.39. The quantitative estimate of drug-likeness (QED) is 0.832.